The molecule has 0 N–H and O–H groups in total. The van der Waals surface area contributed by atoms with Crippen molar-refractivity contribution in [2.45, 2.75) is 0 Å². The van der Waals surface area contributed by atoms with E-state index in [0.717, 1.165) is 50.1 Å². The van der Waals surface area contributed by atoms with Crippen LogP contribution in [0.15, 0.2) is 205 Å². The molecule has 10 aromatic rings. The van der Waals surface area contributed by atoms with Crippen molar-refractivity contribution in [2.75, 3.05) is 4.90 Å². The molecule has 0 amide bonds. The second-order valence-corrected chi connectivity index (χ2v) is 13.3. The molecule has 10 rings (SSSR count). The fourth-order valence-electron chi connectivity index (χ4n) is 7.94. The number of benzene rings is 9. The van der Waals surface area contributed by atoms with Crippen molar-refractivity contribution in [1.29, 1.82) is 0 Å². The maximum atomic E-state index is 6.50. The molecule has 0 fully saturated rings. The van der Waals surface area contributed by atoms with Crippen molar-refractivity contribution in [3.05, 3.63) is 200 Å². The van der Waals surface area contributed by atoms with Crippen LogP contribution in [0.3, 0.4) is 0 Å². The zero-order valence-corrected chi connectivity index (χ0v) is 28.4. The van der Waals surface area contributed by atoms with Crippen LogP contribution in [0.2, 0.25) is 0 Å². The molecule has 0 aliphatic heterocycles. The van der Waals surface area contributed by atoms with E-state index in [-0.39, 0.29) is 0 Å². The summed E-state index contributed by atoms with van der Waals surface area (Å²) in [7, 11) is 0. The fourth-order valence-corrected chi connectivity index (χ4v) is 7.94. The molecule has 2 nitrogen and oxygen atoms in total. The van der Waals surface area contributed by atoms with Crippen LogP contribution in [0.25, 0.3) is 76.9 Å². The van der Waals surface area contributed by atoms with Crippen LogP contribution in [-0.2, 0) is 0 Å². The molecule has 1 heterocycles. The van der Waals surface area contributed by atoms with Gasteiger partial charge in [-0.25, -0.2) is 0 Å². The topological polar surface area (TPSA) is 16.4 Å². The summed E-state index contributed by atoms with van der Waals surface area (Å²) in [6, 6.07) is 71.8. The van der Waals surface area contributed by atoms with E-state index in [2.05, 4.69) is 193 Å². The Labute approximate surface area is 302 Å². The van der Waals surface area contributed by atoms with Gasteiger partial charge in [-0.2, -0.15) is 0 Å². The maximum Gasteiger partial charge on any atom is 0.137 e. The largest absolute Gasteiger partial charge is 0.456 e. The molecular weight excluding hydrogens is 631 g/mol. The van der Waals surface area contributed by atoms with E-state index in [0.29, 0.717) is 0 Å². The molecule has 0 saturated heterocycles. The molecule has 0 bridgehead atoms. The summed E-state index contributed by atoms with van der Waals surface area (Å²) in [4.78, 5) is 2.42. The number of anilines is 3. The van der Waals surface area contributed by atoms with E-state index in [1.807, 2.05) is 12.1 Å². The van der Waals surface area contributed by atoms with E-state index >= 15 is 0 Å². The van der Waals surface area contributed by atoms with Gasteiger partial charge < -0.3 is 9.32 Å². The van der Waals surface area contributed by atoms with E-state index in [1.54, 1.807) is 0 Å². The molecule has 0 unspecified atom stereocenters. The molecule has 1 aromatic heterocycles. The first kappa shape index (κ1) is 30.0. The molecule has 0 aliphatic carbocycles. The monoisotopic (exact) mass is 663 g/mol. The number of hydrogen-bond donors (Lipinski definition) is 0. The van der Waals surface area contributed by atoms with Crippen molar-refractivity contribution in [1.82, 2.24) is 0 Å². The lowest BCUT2D eigenvalue weighted by Crippen LogP contribution is -2.12. The van der Waals surface area contributed by atoms with Gasteiger partial charge >= 0.3 is 0 Å². The third-order valence-electron chi connectivity index (χ3n) is 10.3. The predicted octanol–water partition coefficient (Wildman–Crippen LogP) is 14.4. The van der Waals surface area contributed by atoms with Crippen LogP contribution in [-0.4, -0.2) is 0 Å². The number of para-hydroxylation sites is 3. The molecule has 2 heteroatoms. The first-order valence-corrected chi connectivity index (χ1v) is 17.8. The van der Waals surface area contributed by atoms with Gasteiger partial charge in [-0.3, -0.25) is 0 Å². The van der Waals surface area contributed by atoms with Gasteiger partial charge in [0.25, 0.3) is 0 Å². The number of fused-ring (bicyclic) bond motifs is 5. The van der Waals surface area contributed by atoms with Crippen molar-refractivity contribution in [3.8, 4) is 33.4 Å². The summed E-state index contributed by atoms with van der Waals surface area (Å²) in [5.41, 5.74) is 12.0. The summed E-state index contributed by atoms with van der Waals surface area (Å²) in [5, 5.41) is 7.11. The van der Waals surface area contributed by atoms with Crippen molar-refractivity contribution in [2.24, 2.45) is 0 Å². The lowest BCUT2D eigenvalue weighted by Gasteiger charge is -2.30. The number of furan rings is 1. The van der Waals surface area contributed by atoms with Gasteiger partial charge in [-0.1, -0.05) is 164 Å². The number of nitrogens with zero attached hydrogens (tertiary/aromatic N) is 1. The van der Waals surface area contributed by atoms with Crippen molar-refractivity contribution in [3.63, 3.8) is 0 Å². The van der Waals surface area contributed by atoms with Crippen LogP contribution in [0, 0.1) is 0 Å². The minimum atomic E-state index is 0.861. The fraction of sp³-hybridized carbons (Fsp3) is 0. The van der Waals surface area contributed by atoms with Crippen LogP contribution >= 0.6 is 0 Å². The van der Waals surface area contributed by atoms with Gasteiger partial charge in [0.1, 0.15) is 11.2 Å². The first-order valence-electron chi connectivity index (χ1n) is 17.8. The van der Waals surface area contributed by atoms with Crippen molar-refractivity contribution < 1.29 is 4.42 Å². The SMILES string of the molecule is c1ccc(-c2cccc3cccc(-c4ccccc4N(c4ccc5c(c4)oc4ccccc45)c4ccccc4-c4cccc5ccccc45)c23)cc1. The van der Waals surface area contributed by atoms with Gasteiger partial charge in [-0.05, 0) is 74.1 Å². The Morgan fingerprint density at radius 3 is 1.65 bits per heavy atom. The zero-order chi connectivity index (χ0) is 34.4. The molecule has 52 heavy (non-hydrogen) atoms. The molecule has 9 aromatic carbocycles. The molecular formula is C50H33NO. The van der Waals surface area contributed by atoms with Crippen molar-refractivity contribution >= 4 is 60.5 Å². The average Bonchev–Trinajstić information content (AvgIpc) is 3.59. The van der Waals surface area contributed by atoms with E-state index in [4.69, 9.17) is 4.42 Å². The number of hydrogen-bond acceptors (Lipinski definition) is 2. The van der Waals surface area contributed by atoms with E-state index < -0.39 is 0 Å². The van der Waals surface area contributed by atoms with Crippen LogP contribution in [0.5, 0.6) is 0 Å². The van der Waals surface area contributed by atoms with Gasteiger partial charge in [0.2, 0.25) is 0 Å². The second-order valence-electron chi connectivity index (χ2n) is 13.3. The first-order chi connectivity index (χ1) is 25.8. The predicted molar refractivity (Wildman–Crippen MR) is 220 cm³/mol. The molecule has 0 atom stereocenters. The molecule has 0 aliphatic rings. The Morgan fingerprint density at radius 2 is 0.865 bits per heavy atom. The Kier molecular flexibility index (Phi) is 7.18. The minimum Gasteiger partial charge on any atom is -0.456 e. The summed E-state index contributed by atoms with van der Waals surface area (Å²) in [6.45, 7) is 0. The van der Waals surface area contributed by atoms with Gasteiger partial charge in [0.05, 0.1) is 11.4 Å². The third kappa shape index (κ3) is 4.96. The second kappa shape index (κ2) is 12.5. The molecule has 0 radical (unpaired) electrons. The Morgan fingerprint density at radius 1 is 0.327 bits per heavy atom. The quantitative estimate of drug-likeness (QED) is 0.176. The summed E-state index contributed by atoms with van der Waals surface area (Å²) >= 11 is 0. The summed E-state index contributed by atoms with van der Waals surface area (Å²) < 4.78 is 6.50. The molecule has 0 spiro atoms. The maximum absolute atomic E-state index is 6.50. The van der Waals surface area contributed by atoms with Gasteiger partial charge in [0.15, 0.2) is 0 Å². The zero-order valence-electron chi connectivity index (χ0n) is 28.4. The highest BCUT2D eigenvalue weighted by Gasteiger charge is 2.23. The van der Waals surface area contributed by atoms with Crippen LogP contribution in [0.1, 0.15) is 0 Å². The van der Waals surface area contributed by atoms with Crippen LogP contribution < -0.4 is 4.90 Å². The highest BCUT2D eigenvalue weighted by Crippen LogP contribution is 2.48. The van der Waals surface area contributed by atoms with Gasteiger partial charge in [0, 0.05) is 33.7 Å². The normalized spacial score (nSPS) is 11.5. The van der Waals surface area contributed by atoms with E-state index in [9.17, 15) is 0 Å². The van der Waals surface area contributed by atoms with Crippen LogP contribution in [0.4, 0.5) is 17.1 Å². The van der Waals surface area contributed by atoms with E-state index in [1.165, 1.54) is 43.8 Å². The highest BCUT2D eigenvalue weighted by molar-refractivity contribution is 6.11. The Balaban J connectivity index is 1.27. The average molecular weight is 664 g/mol. The molecule has 244 valence electrons. The Bertz CT molecular complexity index is 2910. The summed E-state index contributed by atoms with van der Waals surface area (Å²) in [5.74, 6) is 0. The minimum absolute atomic E-state index is 0.861. The standard InChI is InChI=1S/C50H33NO/c1-2-15-35(16-3-1)39-25-13-19-36-20-14-27-45(50(36)39)42-23-7-10-29-47(42)51(37-31-32-44-43-24-8-11-30-48(43)52-49(44)33-37)46-28-9-6-22-41(46)40-26-12-18-34-17-4-5-21-38(34)40/h1-33H. The van der Waals surface area contributed by atoms with Gasteiger partial charge in [-0.15, -0.1) is 0 Å². The molecule has 0 saturated carbocycles. The summed E-state index contributed by atoms with van der Waals surface area (Å²) in [6.07, 6.45) is 0. The lowest BCUT2D eigenvalue weighted by molar-refractivity contribution is 0.669. The Hall–Kier alpha value is -6.90. The number of rotatable bonds is 6. The third-order valence-corrected chi connectivity index (χ3v) is 10.3. The lowest BCUT2D eigenvalue weighted by atomic mass is 9.90. The highest BCUT2D eigenvalue weighted by atomic mass is 16.3. The smallest absolute Gasteiger partial charge is 0.137 e.